The van der Waals surface area contributed by atoms with E-state index in [9.17, 15) is 0 Å². The third-order valence-electron chi connectivity index (χ3n) is 6.05. The molecule has 29 heavy (non-hydrogen) atoms. The van der Waals surface area contributed by atoms with Crippen molar-refractivity contribution < 1.29 is 0 Å². The van der Waals surface area contributed by atoms with Gasteiger partial charge in [-0.15, -0.1) is 11.3 Å². The molecule has 1 atom stereocenters. The number of aryl methyl sites for hydroxylation is 1. The molecule has 1 saturated heterocycles. The second-order valence-electron chi connectivity index (χ2n) is 7.92. The van der Waals surface area contributed by atoms with Gasteiger partial charge >= 0.3 is 0 Å². The predicted molar refractivity (Wildman–Crippen MR) is 122 cm³/mol. The van der Waals surface area contributed by atoms with Crippen LogP contribution < -0.4 is 0 Å². The van der Waals surface area contributed by atoms with Crippen molar-refractivity contribution in [3.63, 3.8) is 0 Å². The first-order valence-electron chi connectivity index (χ1n) is 10.4. The van der Waals surface area contributed by atoms with Gasteiger partial charge in [0.1, 0.15) is 0 Å². The Morgan fingerprint density at radius 2 is 1.66 bits per heavy atom. The zero-order chi connectivity index (χ0) is 19.6. The van der Waals surface area contributed by atoms with Crippen molar-refractivity contribution >= 4 is 22.2 Å². The van der Waals surface area contributed by atoms with Crippen LogP contribution in [0.5, 0.6) is 0 Å². The summed E-state index contributed by atoms with van der Waals surface area (Å²) in [5.41, 5.74) is 5.38. The van der Waals surface area contributed by atoms with E-state index < -0.39 is 0 Å². The maximum atomic E-state index is 3.62. The van der Waals surface area contributed by atoms with Gasteiger partial charge in [0.15, 0.2) is 0 Å². The number of thiophene rings is 1. The van der Waals surface area contributed by atoms with Crippen LogP contribution in [-0.2, 0) is 6.54 Å². The zero-order valence-corrected chi connectivity index (χ0v) is 17.7. The first-order chi connectivity index (χ1) is 14.3. The van der Waals surface area contributed by atoms with E-state index in [-0.39, 0.29) is 0 Å². The molecule has 0 spiro atoms. The number of piperazine rings is 1. The first kappa shape index (κ1) is 18.6. The molecule has 1 aliphatic rings. The fraction of sp³-hybridized carbons (Fsp3) is 0.280. The minimum Gasteiger partial charge on any atom is -0.358 e. The number of aromatic amines is 1. The van der Waals surface area contributed by atoms with Crippen molar-refractivity contribution in [2.24, 2.45) is 0 Å². The van der Waals surface area contributed by atoms with Crippen molar-refractivity contribution in [3.8, 4) is 0 Å². The van der Waals surface area contributed by atoms with E-state index in [1.165, 1.54) is 32.6 Å². The summed E-state index contributed by atoms with van der Waals surface area (Å²) in [6.45, 7) is 7.67. The lowest BCUT2D eigenvalue weighted by atomic mass is 9.99. The Balaban J connectivity index is 1.41. The number of benzene rings is 2. The molecule has 0 amide bonds. The molecule has 0 bridgehead atoms. The van der Waals surface area contributed by atoms with Gasteiger partial charge in [-0.2, -0.15) is 0 Å². The molecule has 148 valence electrons. The summed E-state index contributed by atoms with van der Waals surface area (Å²) >= 11 is 1.87. The fourth-order valence-corrected chi connectivity index (χ4v) is 5.49. The number of hydrogen-bond acceptors (Lipinski definition) is 3. The zero-order valence-electron chi connectivity index (χ0n) is 16.8. The molecule has 1 N–H and O–H groups in total. The fourth-order valence-electron chi connectivity index (χ4n) is 4.62. The Morgan fingerprint density at radius 1 is 0.897 bits per heavy atom. The van der Waals surface area contributed by atoms with Gasteiger partial charge in [-0.1, -0.05) is 54.6 Å². The quantitative estimate of drug-likeness (QED) is 0.481. The number of rotatable bonds is 5. The van der Waals surface area contributed by atoms with Crippen LogP contribution in [-0.4, -0.2) is 41.0 Å². The molecule has 5 rings (SSSR count). The molecule has 1 fully saturated rings. The summed E-state index contributed by atoms with van der Waals surface area (Å²) in [5, 5.41) is 3.56. The Bertz CT molecular complexity index is 1060. The summed E-state index contributed by atoms with van der Waals surface area (Å²) in [5.74, 6) is 0. The second kappa shape index (κ2) is 8.15. The van der Waals surface area contributed by atoms with Gasteiger partial charge < -0.3 is 4.98 Å². The van der Waals surface area contributed by atoms with Gasteiger partial charge in [0, 0.05) is 59.8 Å². The maximum absolute atomic E-state index is 3.62. The minimum atomic E-state index is 0.324. The average molecular weight is 402 g/mol. The van der Waals surface area contributed by atoms with Crippen LogP contribution in [0.2, 0.25) is 0 Å². The van der Waals surface area contributed by atoms with Gasteiger partial charge in [0.25, 0.3) is 0 Å². The van der Waals surface area contributed by atoms with Crippen LogP contribution in [0.4, 0.5) is 0 Å². The van der Waals surface area contributed by atoms with Crippen molar-refractivity contribution in [2.45, 2.75) is 19.5 Å². The average Bonchev–Trinajstić information content (AvgIpc) is 3.39. The molecule has 1 unspecified atom stereocenters. The Labute approximate surface area is 176 Å². The lowest BCUT2D eigenvalue weighted by molar-refractivity contribution is 0.106. The normalized spacial score (nSPS) is 17.0. The molecule has 3 heterocycles. The van der Waals surface area contributed by atoms with Crippen LogP contribution in [0.25, 0.3) is 10.9 Å². The van der Waals surface area contributed by atoms with Crippen molar-refractivity contribution in [1.82, 2.24) is 14.8 Å². The monoisotopic (exact) mass is 401 g/mol. The van der Waals surface area contributed by atoms with Gasteiger partial charge in [0.2, 0.25) is 0 Å². The number of fused-ring (bicyclic) bond motifs is 1. The third kappa shape index (κ3) is 3.76. The summed E-state index contributed by atoms with van der Waals surface area (Å²) < 4.78 is 0. The van der Waals surface area contributed by atoms with Crippen LogP contribution in [0.1, 0.15) is 27.7 Å². The van der Waals surface area contributed by atoms with Crippen LogP contribution in [0, 0.1) is 6.92 Å². The molecule has 3 nitrogen and oxygen atoms in total. The van der Waals surface area contributed by atoms with E-state index in [1.807, 2.05) is 11.3 Å². The molecule has 4 heteroatoms. The van der Waals surface area contributed by atoms with E-state index in [2.05, 4.69) is 93.8 Å². The number of nitrogens with one attached hydrogen (secondary N) is 1. The van der Waals surface area contributed by atoms with Gasteiger partial charge in [-0.3, -0.25) is 9.80 Å². The Hall–Kier alpha value is -2.40. The smallest absolute Gasteiger partial charge is 0.0720 e. The summed E-state index contributed by atoms with van der Waals surface area (Å²) in [7, 11) is 0. The lowest BCUT2D eigenvalue weighted by Gasteiger charge is -2.39. The van der Waals surface area contributed by atoms with E-state index in [4.69, 9.17) is 0 Å². The third-order valence-corrected chi connectivity index (χ3v) is 6.98. The van der Waals surface area contributed by atoms with Gasteiger partial charge in [0.05, 0.1) is 6.04 Å². The standard InChI is InChI=1S/C25H27N3S/c1-19-24(21-10-5-6-11-22(21)26-19)25(23-12-7-17-29-23)28-15-13-27(14-16-28)18-20-8-3-2-4-9-20/h2-12,17,25-26H,13-16,18H2,1H3. The second-order valence-corrected chi connectivity index (χ2v) is 8.90. The summed E-state index contributed by atoms with van der Waals surface area (Å²) in [4.78, 5) is 10.3. The molecule has 2 aromatic carbocycles. The van der Waals surface area contributed by atoms with Crippen molar-refractivity contribution in [1.29, 1.82) is 0 Å². The van der Waals surface area contributed by atoms with Crippen LogP contribution in [0.3, 0.4) is 0 Å². The highest BCUT2D eigenvalue weighted by Crippen LogP contribution is 2.38. The molecular formula is C25H27N3S. The number of nitrogens with zero attached hydrogens (tertiary/aromatic N) is 2. The highest BCUT2D eigenvalue weighted by molar-refractivity contribution is 7.10. The van der Waals surface area contributed by atoms with Gasteiger partial charge in [-0.05, 0) is 30.0 Å². The van der Waals surface area contributed by atoms with Crippen LogP contribution >= 0.6 is 11.3 Å². The Morgan fingerprint density at radius 3 is 2.41 bits per heavy atom. The lowest BCUT2D eigenvalue weighted by Crippen LogP contribution is -2.47. The molecule has 0 aliphatic carbocycles. The van der Waals surface area contributed by atoms with Crippen LogP contribution in [0.15, 0.2) is 72.1 Å². The van der Waals surface area contributed by atoms with E-state index in [0.717, 1.165) is 32.7 Å². The Kier molecular flexibility index (Phi) is 5.23. The molecule has 0 radical (unpaired) electrons. The maximum Gasteiger partial charge on any atom is 0.0720 e. The van der Waals surface area contributed by atoms with E-state index >= 15 is 0 Å². The molecule has 1 aliphatic heterocycles. The number of para-hydroxylation sites is 1. The summed E-state index contributed by atoms with van der Waals surface area (Å²) in [6.07, 6.45) is 0. The number of aromatic nitrogens is 1. The van der Waals surface area contributed by atoms with Crippen molar-refractivity contribution in [3.05, 3.63) is 93.8 Å². The minimum absolute atomic E-state index is 0.324. The topological polar surface area (TPSA) is 22.3 Å². The predicted octanol–water partition coefficient (Wildman–Crippen LogP) is 5.45. The van der Waals surface area contributed by atoms with E-state index in [0.29, 0.717) is 6.04 Å². The number of hydrogen-bond donors (Lipinski definition) is 1. The summed E-state index contributed by atoms with van der Waals surface area (Å²) in [6, 6.07) is 24.4. The molecule has 2 aromatic heterocycles. The molecule has 4 aromatic rings. The van der Waals surface area contributed by atoms with E-state index in [1.54, 1.807) is 0 Å². The highest BCUT2D eigenvalue weighted by atomic mass is 32.1. The largest absolute Gasteiger partial charge is 0.358 e. The van der Waals surface area contributed by atoms with Crippen molar-refractivity contribution in [2.75, 3.05) is 26.2 Å². The van der Waals surface area contributed by atoms with Gasteiger partial charge in [-0.25, -0.2) is 0 Å². The molecule has 0 saturated carbocycles. The SMILES string of the molecule is Cc1[nH]c2ccccc2c1C(c1cccs1)N1CCN(Cc2ccccc2)CC1. The highest BCUT2D eigenvalue weighted by Gasteiger charge is 2.30. The molecular weight excluding hydrogens is 374 g/mol. The first-order valence-corrected chi connectivity index (χ1v) is 11.3. The number of H-pyrrole nitrogens is 1.